The summed E-state index contributed by atoms with van der Waals surface area (Å²) in [6, 6.07) is 10.3. The van der Waals surface area contributed by atoms with Gasteiger partial charge in [0.25, 0.3) is 0 Å². The number of hydrogen-bond acceptors (Lipinski definition) is 4. The SMILES string of the molecule is C=C(C)/C=C(\N)c1cccc(C2=NC=C(C(=C)NC(CC)CC)C2)c1.C=CC#N. The molecule has 1 heterocycles. The molecule has 3 N–H and O–H groups in total. The smallest absolute Gasteiger partial charge is 0.0905 e. The summed E-state index contributed by atoms with van der Waals surface area (Å²) in [6.45, 7) is 17.5. The molecular formula is C25H32N4. The highest BCUT2D eigenvalue weighted by atomic mass is 14.9. The van der Waals surface area contributed by atoms with E-state index in [2.05, 4.69) is 56.0 Å². The highest BCUT2D eigenvalue weighted by Gasteiger charge is 2.16. The summed E-state index contributed by atoms with van der Waals surface area (Å²) in [5.41, 5.74) is 13.1. The van der Waals surface area contributed by atoms with Gasteiger partial charge in [-0.15, -0.1) is 0 Å². The monoisotopic (exact) mass is 388 g/mol. The van der Waals surface area contributed by atoms with Gasteiger partial charge < -0.3 is 11.1 Å². The van der Waals surface area contributed by atoms with Crippen LogP contribution in [-0.2, 0) is 0 Å². The molecule has 1 aliphatic rings. The molecule has 0 fully saturated rings. The molecule has 29 heavy (non-hydrogen) atoms. The second-order valence-electron chi connectivity index (χ2n) is 6.90. The normalized spacial score (nSPS) is 12.9. The van der Waals surface area contributed by atoms with Crippen LogP contribution in [0.15, 0.2) is 84.2 Å². The average Bonchev–Trinajstić information content (AvgIpc) is 3.22. The molecular weight excluding hydrogens is 356 g/mol. The van der Waals surface area contributed by atoms with E-state index in [-0.39, 0.29) is 0 Å². The van der Waals surface area contributed by atoms with Crippen molar-refractivity contribution >= 4 is 11.4 Å². The van der Waals surface area contributed by atoms with E-state index in [0.29, 0.717) is 6.04 Å². The number of aliphatic imine (C=N–C) groups is 1. The standard InChI is InChI=1S/C22H29N3.C3H3N/c1-6-20(7-2)25-16(5)19-13-22(24-14-19)18-10-8-9-17(12-18)21(23)11-15(3)4;1-2-3-4/h8-12,14,20,25H,3,5-7,13,23H2,1-2,4H3;2H,1H2/b21-11-;. The third-order valence-corrected chi connectivity index (χ3v) is 4.51. The Hall–Kier alpha value is -3.32. The molecule has 0 saturated carbocycles. The number of nitrogens with zero attached hydrogens (tertiary/aromatic N) is 2. The average molecular weight is 389 g/mol. The fourth-order valence-electron chi connectivity index (χ4n) is 2.85. The minimum atomic E-state index is 0.466. The quantitative estimate of drug-likeness (QED) is 0.448. The molecule has 4 nitrogen and oxygen atoms in total. The van der Waals surface area contributed by atoms with Gasteiger partial charge in [-0.1, -0.05) is 57.4 Å². The Bertz CT molecular complexity index is 874. The zero-order valence-corrected chi connectivity index (χ0v) is 17.8. The van der Waals surface area contributed by atoms with Crippen LogP contribution in [0.2, 0.25) is 0 Å². The van der Waals surface area contributed by atoms with Crippen LogP contribution in [0.4, 0.5) is 0 Å². The first-order valence-electron chi connectivity index (χ1n) is 9.81. The highest BCUT2D eigenvalue weighted by molar-refractivity contribution is 6.04. The number of nitrogens with one attached hydrogen (secondary N) is 1. The second-order valence-corrected chi connectivity index (χ2v) is 6.90. The lowest BCUT2D eigenvalue weighted by molar-refractivity contribution is 0.537. The number of benzene rings is 1. The fraction of sp³-hybridized carbons (Fsp3) is 0.280. The third kappa shape index (κ3) is 7.67. The number of rotatable bonds is 8. The molecule has 0 radical (unpaired) electrons. The van der Waals surface area contributed by atoms with Crippen LogP contribution in [-0.4, -0.2) is 11.8 Å². The summed E-state index contributed by atoms with van der Waals surface area (Å²) >= 11 is 0. The van der Waals surface area contributed by atoms with Crippen molar-refractivity contribution in [2.24, 2.45) is 10.7 Å². The maximum absolute atomic E-state index is 7.51. The van der Waals surface area contributed by atoms with Crippen LogP contribution in [0.1, 0.15) is 51.2 Å². The van der Waals surface area contributed by atoms with E-state index in [1.54, 1.807) is 6.07 Å². The molecule has 0 unspecified atom stereocenters. The third-order valence-electron chi connectivity index (χ3n) is 4.51. The molecule has 0 aromatic heterocycles. The summed E-state index contributed by atoms with van der Waals surface area (Å²) in [5.74, 6) is 0. The van der Waals surface area contributed by atoms with Gasteiger partial charge in [-0.05, 0) is 48.6 Å². The van der Waals surface area contributed by atoms with Crippen molar-refractivity contribution in [3.63, 3.8) is 0 Å². The van der Waals surface area contributed by atoms with Crippen LogP contribution < -0.4 is 11.1 Å². The summed E-state index contributed by atoms with van der Waals surface area (Å²) < 4.78 is 0. The Labute approximate surface area is 175 Å². The van der Waals surface area contributed by atoms with Crippen LogP contribution in [0, 0.1) is 11.3 Å². The maximum atomic E-state index is 7.51. The molecule has 1 aromatic rings. The predicted octanol–water partition coefficient (Wildman–Crippen LogP) is 5.63. The number of allylic oxidation sites excluding steroid dienone is 4. The lowest BCUT2D eigenvalue weighted by atomic mass is 9.99. The topological polar surface area (TPSA) is 74.2 Å². The van der Waals surface area contributed by atoms with E-state index in [9.17, 15) is 0 Å². The minimum absolute atomic E-state index is 0.466. The van der Waals surface area contributed by atoms with Crippen LogP contribution in [0.3, 0.4) is 0 Å². The molecule has 0 bridgehead atoms. The van der Waals surface area contributed by atoms with Gasteiger partial charge in [0.05, 0.1) is 11.8 Å². The van der Waals surface area contributed by atoms with Gasteiger partial charge in [0.2, 0.25) is 0 Å². The van der Waals surface area contributed by atoms with E-state index in [1.807, 2.05) is 31.3 Å². The second kappa shape index (κ2) is 12.2. The Kier molecular flexibility index (Phi) is 9.98. The van der Waals surface area contributed by atoms with Gasteiger partial charge in [-0.25, -0.2) is 0 Å². The largest absolute Gasteiger partial charge is 0.398 e. The van der Waals surface area contributed by atoms with Crippen LogP contribution in [0.5, 0.6) is 0 Å². The maximum Gasteiger partial charge on any atom is 0.0905 e. The van der Waals surface area contributed by atoms with Gasteiger partial charge >= 0.3 is 0 Å². The minimum Gasteiger partial charge on any atom is -0.398 e. The van der Waals surface area contributed by atoms with Gasteiger partial charge in [0.15, 0.2) is 0 Å². The van der Waals surface area contributed by atoms with Crippen molar-refractivity contribution in [1.29, 1.82) is 5.26 Å². The Morgan fingerprint density at radius 2 is 2.00 bits per heavy atom. The van der Waals surface area contributed by atoms with E-state index in [0.717, 1.165) is 58.6 Å². The molecule has 0 atom stereocenters. The lowest BCUT2D eigenvalue weighted by Crippen LogP contribution is -2.27. The van der Waals surface area contributed by atoms with E-state index in [4.69, 9.17) is 11.0 Å². The zero-order chi connectivity index (χ0) is 21.8. The molecule has 1 aromatic carbocycles. The fourth-order valence-corrected chi connectivity index (χ4v) is 2.85. The van der Waals surface area contributed by atoms with Crippen molar-refractivity contribution in [2.45, 2.75) is 46.1 Å². The van der Waals surface area contributed by atoms with Crippen molar-refractivity contribution in [3.8, 4) is 6.07 Å². The molecule has 0 amide bonds. The van der Waals surface area contributed by atoms with Gasteiger partial charge in [0, 0.05) is 36.1 Å². The molecule has 4 heteroatoms. The summed E-state index contributed by atoms with van der Waals surface area (Å²) in [5, 5.41) is 11.0. The van der Waals surface area contributed by atoms with Crippen molar-refractivity contribution in [2.75, 3.05) is 0 Å². The van der Waals surface area contributed by atoms with Gasteiger partial charge in [-0.3, -0.25) is 4.99 Å². The van der Waals surface area contributed by atoms with Crippen LogP contribution in [0.25, 0.3) is 5.70 Å². The Morgan fingerprint density at radius 3 is 2.55 bits per heavy atom. The first kappa shape index (κ1) is 23.7. The first-order valence-corrected chi connectivity index (χ1v) is 9.81. The van der Waals surface area contributed by atoms with Crippen molar-refractivity contribution in [3.05, 3.63) is 90.3 Å². The number of nitrogens with two attached hydrogens (primary N) is 1. The van der Waals surface area contributed by atoms with Crippen molar-refractivity contribution < 1.29 is 0 Å². The first-order chi connectivity index (χ1) is 13.9. The molecule has 0 saturated heterocycles. The summed E-state index contributed by atoms with van der Waals surface area (Å²) in [4.78, 5) is 4.60. The number of hydrogen-bond donors (Lipinski definition) is 2. The number of nitriles is 1. The molecule has 2 rings (SSSR count). The van der Waals surface area contributed by atoms with E-state index >= 15 is 0 Å². The molecule has 0 aliphatic carbocycles. The Morgan fingerprint density at radius 1 is 1.34 bits per heavy atom. The lowest BCUT2D eigenvalue weighted by Gasteiger charge is -2.18. The predicted molar refractivity (Wildman–Crippen MR) is 125 cm³/mol. The van der Waals surface area contributed by atoms with Gasteiger partial charge in [-0.2, -0.15) is 5.26 Å². The zero-order valence-electron chi connectivity index (χ0n) is 17.8. The van der Waals surface area contributed by atoms with E-state index < -0.39 is 0 Å². The summed E-state index contributed by atoms with van der Waals surface area (Å²) in [6.07, 6.45) is 7.97. The Balaban J connectivity index is 0.000000960. The van der Waals surface area contributed by atoms with Crippen molar-refractivity contribution in [1.82, 2.24) is 5.32 Å². The highest BCUT2D eigenvalue weighted by Crippen LogP contribution is 2.23. The van der Waals surface area contributed by atoms with Gasteiger partial charge in [0.1, 0.15) is 0 Å². The summed E-state index contributed by atoms with van der Waals surface area (Å²) in [7, 11) is 0. The molecule has 1 aliphatic heterocycles. The van der Waals surface area contributed by atoms with Crippen LogP contribution >= 0.6 is 0 Å². The molecule has 152 valence electrons. The van der Waals surface area contributed by atoms with E-state index in [1.165, 1.54) is 6.08 Å². The molecule has 0 spiro atoms.